The molecule has 1 amide bonds. The zero-order chi connectivity index (χ0) is 19.3. The number of carbonyl (C=O) groups excluding carboxylic acids is 1. The molecule has 0 saturated heterocycles. The van der Waals surface area contributed by atoms with Gasteiger partial charge >= 0.3 is 0 Å². The molecule has 0 aliphatic rings. The summed E-state index contributed by atoms with van der Waals surface area (Å²) >= 11 is 0. The molecule has 2 rings (SSSR count). The molecule has 0 saturated carbocycles. The molecule has 0 radical (unpaired) electrons. The molecule has 1 atom stereocenters. The Kier molecular flexibility index (Phi) is 6.50. The number of rotatable bonds is 7. The van der Waals surface area contributed by atoms with Gasteiger partial charge in [0.15, 0.2) is 11.5 Å². The Bertz CT molecular complexity index is 728. The Balaban J connectivity index is 2.20. The van der Waals surface area contributed by atoms with E-state index in [4.69, 9.17) is 14.2 Å². The summed E-state index contributed by atoms with van der Waals surface area (Å²) < 4.78 is 16.1. The van der Waals surface area contributed by atoms with Crippen molar-refractivity contribution in [3.05, 3.63) is 53.1 Å². The third kappa shape index (κ3) is 4.28. The molecule has 2 aromatic carbocycles. The van der Waals surface area contributed by atoms with Crippen LogP contribution in [0.4, 0.5) is 0 Å². The fourth-order valence-electron chi connectivity index (χ4n) is 2.73. The third-order valence-corrected chi connectivity index (χ3v) is 4.37. The van der Waals surface area contributed by atoms with E-state index in [0.29, 0.717) is 28.7 Å². The van der Waals surface area contributed by atoms with Gasteiger partial charge in [0.25, 0.3) is 5.91 Å². The highest BCUT2D eigenvalue weighted by Crippen LogP contribution is 2.39. The molecule has 26 heavy (non-hydrogen) atoms. The van der Waals surface area contributed by atoms with Gasteiger partial charge in [-0.25, -0.2) is 0 Å². The van der Waals surface area contributed by atoms with Gasteiger partial charge in [-0.1, -0.05) is 26.0 Å². The van der Waals surface area contributed by atoms with E-state index >= 15 is 0 Å². The zero-order valence-electron chi connectivity index (χ0n) is 16.3. The van der Waals surface area contributed by atoms with Crippen molar-refractivity contribution in [3.63, 3.8) is 0 Å². The van der Waals surface area contributed by atoms with Crippen molar-refractivity contribution in [1.82, 2.24) is 5.32 Å². The highest BCUT2D eigenvalue weighted by Gasteiger charge is 2.18. The lowest BCUT2D eigenvalue weighted by molar-refractivity contribution is 0.0939. The number of hydrogen-bond acceptors (Lipinski definition) is 4. The summed E-state index contributed by atoms with van der Waals surface area (Å²) in [7, 11) is 4.70. The molecule has 0 bridgehead atoms. The van der Waals surface area contributed by atoms with Crippen LogP contribution in [0.5, 0.6) is 17.2 Å². The topological polar surface area (TPSA) is 56.8 Å². The van der Waals surface area contributed by atoms with Crippen LogP contribution in [-0.2, 0) is 0 Å². The number of amides is 1. The van der Waals surface area contributed by atoms with Crippen LogP contribution in [0.3, 0.4) is 0 Å². The molecule has 5 nitrogen and oxygen atoms in total. The lowest BCUT2D eigenvalue weighted by atomic mass is 10.0. The van der Waals surface area contributed by atoms with Crippen LogP contribution in [0.1, 0.15) is 54.2 Å². The van der Waals surface area contributed by atoms with Gasteiger partial charge in [-0.15, -0.1) is 0 Å². The molecule has 5 heteroatoms. The van der Waals surface area contributed by atoms with E-state index in [1.54, 1.807) is 21.3 Å². The summed E-state index contributed by atoms with van der Waals surface area (Å²) in [4.78, 5) is 12.5. The maximum absolute atomic E-state index is 12.5. The second-order valence-electron chi connectivity index (χ2n) is 6.43. The molecule has 1 unspecified atom stereocenters. The average molecular weight is 357 g/mol. The summed E-state index contributed by atoms with van der Waals surface area (Å²) in [6.45, 7) is 6.17. The van der Waals surface area contributed by atoms with Gasteiger partial charge in [0, 0.05) is 5.56 Å². The van der Waals surface area contributed by atoms with Gasteiger partial charge in [0.1, 0.15) is 0 Å². The molecule has 140 valence electrons. The molecular weight excluding hydrogens is 330 g/mol. The van der Waals surface area contributed by atoms with E-state index in [2.05, 4.69) is 19.2 Å². The molecule has 2 aromatic rings. The maximum atomic E-state index is 12.5. The largest absolute Gasteiger partial charge is 0.493 e. The van der Waals surface area contributed by atoms with Crippen LogP contribution in [0, 0.1) is 0 Å². The molecule has 0 spiro atoms. The van der Waals surface area contributed by atoms with Gasteiger partial charge in [0.05, 0.1) is 27.4 Å². The van der Waals surface area contributed by atoms with Crippen LogP contribution in [0.2, 0.25) is 0 Å². The minimum atomic E-state index is -0.221. The minimum absolute atomic E-state index is 0.124. The molecule has 0 fully saturated rings. The standard InChI is InChI=1S/C21H27NO4/c1-13(2)15-7-9-16(10-8-15)21(23)22-14(3)17-11-18(24-4)20(26-6)19(12-17)25-5/h7-14H,1-6H3,(H,22,23). The molecule has 1 N–H and O–H groups in total. The van der Waals surface area contributed by atoms with Crippen molar-refractivity contribution >= 4 is 5.91 Å². The number of nitrogens with one attached hydrogen (secondary N) is 1. The second kappa shape index (κ2) is 8.61. The van der Waals surface area contributed by atoms with Crippen LogP contribution >= 0.6 is 0 Å². The smallest absolute Gasteiger partial charge is 0.251 e. The lowest BCUT2D eigenvalue weighted by Gasteiger charge is -2.19. The van der Waals surface area contributed by atoms with E-state index < -0.39 is 0 Å². The Hall–Kier alpha value is -2.69. The second-order valence-corrected chi connectivity index (χ2v) is 6.43. The number of ether oxygens (including phenoxy) is 3. The summed E-state index contributed by atoms with van der Waals surface area (Å²) in [6, 6.07) is 11.1. The van der Waals surface area contributed by atoms with Gasteiger partial charge < -0.3 is 19.5 Å². The molecule has 0 aliphatic heterocycles. The van der Waals surface area contributed by atoms with E-state index in [-0.39, 0.29) is 11.9 Å². The van der Waals surface area contributed by atoms with Crippen LogP contribution in [0.25, 0.3) is 0 Å². The average Bonchev–Trinajstić information content (AvgIpc) is 2.66. The highest BCUT2D eigenvalue weighted by atomic mass is 16.5. The first-order valence-corrected chi connectivity index (χ1v) is 8.62. The first kappa shape index (κ1) is 19.6. The fourth-order valence-corrected chi connectivity index (χ4v) is 2.73. The van der Waals surface area contributed by atoms with Crippen LogP contribution in [0.15, 0.2) is 36.4 Å². The van der Waals surface area contributed by atoms with Gasteiger partial charge in [-0.3, -0.25) is 4.79 Å². The fraction of sp³-hybridized carbons (Fsp3) is 0.381. The predicted molar refractivity (Wildman–Crippen MR) is 103 cm³/mol. The highest BCUT2D eigenvalue weighted by molar-refractivity contribution is 5.94. The van der Waals surface area contributed by atoms with Crippen molar-refractivity contribution < 1.29 is 19.0 Å². The first-order chi connectivity index (χ1) is 12.4. The predicted octanol–water partition coefficient (Wildman–Crippen LogP) is 4.33. The number of methoxy groups -OCH3 is 3. The normalized spacial score (nSPS) is 11.8. The zero-order valence-corrected chi connectivity index (χ0v) is 16.3. The number of carbonyl (C=O) groups is 1. The van der Waals surface area contributed by atoms with Gasteiger partial charge in [0.2, 0.25) is 5.75 Å². The van der Waals surface area contributed by atoms with Crippen molar-refractivity contribution in [2.45, 2.75) is 32.7 Å². The summed E-state index contributed by atoms with van der Waals surface area (Å²) in [5.74, 6) is 1.96. The van der Waals surface area contributed by atoms with Gasteiger partial charge in [-0.2, -0.15) is 0 Å². The number of hydrogen-bond donors (Lipinski definition) is 1. The van der Waals surface area contributed by atoms with Crippen molar-refractivity contribution in [2.75, 3.05) is 21.3 Å². The first-order valence-electron chi connectivity index (χ1n) is 8.62. The molecule has 0 aliphatic carbocycles. The van der Waals surface area contributed by atoms with Crippen LogP contribution in [-0.4, -0.2) is 27.2 Å². The molecular formula is C21H27NO4. The Labute approximate surface area is 155 Å². The van der Waals surface area contributed by atoms with Crippen molar-refractivity contribution in [2.24, 2.45) is 0 Å². The Morgan fingerprint density at radius 2 is 1.38 bits per heavy atom. The van der Waals surface area contributed by atoms with E-state index in [1.165, 1.54) is 5.56 Å². The maximum Gasteiger partial charge on any atom is 0.251 e. The van der Waals surface area contributed by atoms with E-state index in [9.17, 15) is 4.79 Å². The summed E-state index contributed by atoms with van der Waals surface area (Å²) in [6.07, 6.45) is 0. The minimum Gasteiger partial charge on any atom is -0.493 e. The van der Waals surface area contributed by atoms with Gasteiger partial charge in [-0.05, 0) is 48.2 Å². The third-order valence-electron chi connectivity index (χ3n) is 4.37. The van der Waals surface area contributed by atoms with Crippen molar-refractivity contribution in [1.29, 1.82) is 0 Å². The molecule has 0 aromatic heterocycles. The SMILES string of the molecule is COc1cc(C(C)NC(=O)c2ccc(C(C)C)cc2)cc(OC)c1OC. The van der Waals surface area contributed by atoms with Crippen molar-refractivity contribution in [3.8, 4) is 17.2 Å². The Morgan fingerprint density at radius 1 is 0.846 bits per heavy atom. The van der Waals surface area contributed by atoms with E-state index in [0.717, 1.165) is 5.56 Å². The summed E-state index contributed by atoms with van der Waals surface area (Å²) in [5, 5.41) is 3.01. The summed E-state index contributed by atoms with van der Waals surface area (Å²) in [5.41, 5.74) is 2.71. The quantitative estimate of drug-likeness (QED) is 0.801. The lowest BCUT2D eigenvalue weighted by Crippen LogP contribution is -2.26. The Morgan fingerprint density at radius 3 is 1.81 bits per heavy atom. The number of benzene rings is 2. The monoisotopic (exact) mass is 357 g/mol. The molecule has 0 heterocycles. The van der Waals surface area contributed by atoms with Crippen LogP contribution < -0.4 is 19.5 Å². The van der Waals surface area contributed by atoms with E-state index in [1.807, 2.05) is 43.3 Å².